The monoisotopic (exact) mass is 396 g/mol. The molecule has 1 saturated carbocycles. The Balaban J connectivity index is 1.67. The lowest BCUT2D eigenvalue weighted by molar-refractivity contribution is 0.163. The van der Waals surface area contributed by atoms with Gasteiger partial charge in [-0.3, -0.25) is 0 Å². The van der Waals surface area contributed by atoms with Gasteiger partial charge in [0.05, 0.1) is 11.8 Å². The van der Waals surface area contributed by atoms with Crippen LogP contribution in [-0.4, -0.2) is 32.0 Å². The standard InChI is InChI=1S/C22H25FN4O2/c1-2-14-6-3-4-9-19(14)27-22(15-10-18(24)20(28)11-15)25-21(26-27)13-29-17-8-5-7-16(23)12-17/h3-9,12,15,18,20,28H,2,10-11,13,24H2,1H3/t15-,18+,20+/m0/s1. The number of aryl methyl sites for hydroxylation is 1. The SMILES string of the molecule is CCc1ccccc1-n1nc(COc2cccc(F)c2)nc1[C@H]1C[C@@H](N)[C@H](O)C1. The van der Waals surface area contributed by atoms with Gasteiger partial charge in [0.2, 0.25) is 0 Å². The highest BCUT2D eigenvalue weighted by atomic mass is 19.1. The molecule has 0 spiro atoms. The van der Waals surface area contributed by atoms with Crippen molar-refractivity contribution < 1.29 is 14.2 Å². The minimum atomic E-state index is -0.543. The van der Waals surface area contributed by atoms with E-state index in [1.807, 2.05) is 22.9 Å². The number of ether oxygens (including phenoxy) is 1. The van der Waals surface area contributed by atoms with Gasteiger partial charge in [-0.1, -0.05) is 31.2 Å². The number of aromatic nitrogens is 3. The normalized spacial score (nSPS) is 21.4. The molecule has 1 fully saturated rings. The molecular weight excluding hydrogens is 371 g/mol. The molecule has 2 aromatic carbocycles. The van der Waals surface area contributed by atoms with E-state index < -0.39 is 6.10 Å². The largest absolute Gasteiger partial charge is 0.485 e. The van der Waals surface area contributed by atoms with Crippen molar-refractivity contribution in [3.8, 4) is 11.4 Å². The lowest BCUT2D eigenvalue weighted by Gasteiger charge is -2.13. The van der Waals surface area contributed by atoms with Crippen molar-refractivity contribution in [1.29, 1.82) is 0 Å². The van der Waals surface area contributed by atoms with Gasteiger partial charge in [0.1, 0.15) is 24.0 Å². The van der Waals surface area contributed by atoms with Crippen LogP contribution in [0.2, 0.25) is 0 Å². The summed E-state index contributed by atoms with van der Waals surface area (Å²) in [7, 11) is 0. The number of para-hydroxylation sites is 1. The van der Waals surface area contributed by atoms with Crippen molar-refractivity contribution >= 4 is 0 Å². The molecule has 0 amide bonds. The van der Waals surface area contributed by atoms with Crippen molar-refractivity contribution in [3.05, 3.63) is 71.6 Å². The van der Waals surface area contributed by atoms with Gasteiger partial charge in [-0.05, 0) is 43.0 Å². The summed E-state index contributed by atoms with van der Waals surface area (Å²) in [6, 6.07) is 13.8. The summed E-state index contributed by atoms with van der Waals surface area (Å²) >= 11 is 0. The number of hydrogen-bond donors (Lipinski definition) is 2. The fraction of sp³-hybridized carbons (Fsp3) is 0.364. The molecule has 0 unspecified atom stereocenters. The number of nitrogens with two attached hydrogens (primary N) is 1. The third kappa shape index (κ3) is 4.16. The summed E-state index contributed by atoms with van der Waals surface area (Å²) in [5.74, 6) is 1.36. The zero-order chi connectivity index (χ0) is 20.4. The van der Waals surface area contributed by atoms with Crippen LogP contribution in [0.3, 0.4) is 0 Å². The molecule has 1 aromatic heterocycles. The summed E-state index contributed by atoms with van der Waals surface area (Å²) < 4.78 is 20.9. The zero-order valence-electron chi connectivity index (χ0n) is 16.3. The quantitative estimate of drug-likeness (QED) is 0.669. The number of aliphatic hydroxyl groups excluding tert-OH is 1. The van der Waals surface area contributed by atoms with Crippen molar-refractivity contribution in [2.45, 2.75) is 50.9 Å². The highest BCUT2D eigenvalue weighted by Gasteiger charge is 2.35. The second-order valence-corrected chi connectivity index (χ2v) is 7.43. The minimum absolute atomic E-state index is 0.0142. The fourth-order valence-corrected chi connectivity index (χ4v) is 3.85. The zero-order valence-corrected chi connectivity index (χ0v) is 16.3. The highest BCUT2D eigenvalue weighted by Crippen LogP contribution is 2.34. The molecule has 29 heavy (non-hydrogen) atoms. The second-order valence-electron chi connectivity index (χ2n) is 7.43. The molecule has 152 valence electrons. The maximum absolute atomic E-state index is 13.4. The molecule has 6 nitrogen and oxygen atoms in total. The summed E-state index contributed by atoms with van der Waals surface area (Å²) in [4.78, 5) is 4.72. The van der Waals surface area contributed by atoms with E-state index in [1.54, 1.807) is 12.1 Å². The molecule has 0 saturated heterocycles. The Kier molecular flexibility index (Phi) is 5.60. The predicted octanol–water partition coefficient (Wildman–Crippen LogP) is 3.11. The lowest BCUT2D eigenvalue weighted by atomic mass is 10.1. The summed E-state index contributed by atoms with van der Waals surface area (Å²) in [6.45, 7) is 2.22. The topological polar surface area (TPSA) is 86.2 Å². The molecule has 7 heteroatoms. The van der Waals surface area contributed by atoms with E-state index in [4.69, 9.17) is 15.5 Å². The molecule has 1 heterocycles. The van der Waals surface area contributed by atoms with E-state index in [0.29, 0.717) is 24.4 Å². The number of hydrogen-bond acceptors (Lipinski definition) is 5. The van der Waals surface area contributed by atoms with Crippen LogP contribution in [0.4, 0.5) is 4.39 Å². The van der Waals surface area contributed by atoms with Crippen molar-refractivity contribution in [2.24, 2.45) is 5.73 Å². The van der Waals surface area contributed by atoms with Gasteiger partial charge < -0.3 is 15.6 Å². The number of nitrogens with zero attached hydrogens (tertiary/aromatic N) is 3. The Labute approximate surface area is 169 Å². The molecule has 0 aliphatic heterocycles. The van der Waals surface area contributed by atoms with Crippen LogP contribution in [0.25, 0.3) is 5.69 Å². The second kappa shape index (κ2) is 8.31. The van der Waals surface area contributed by atoms with E-state index in [9.17, 15) is 9.50 Å². The Hall–Kier alpha value is -2.77. The Bertz CT molecular complexity index is 980. The summed E-state index contributed by atoms with van der Waals surface area (Å²) in [6.07, 6.45) is 1.52. The first kappa shape index (κ1) is 19.5. The van der Waals surface area contributed by atoms with Crippen LogP contribution < -0.4 is 10.5 Å². The third-order valence-corrected chi connectivity index (χ3v) is 5.38. The van der Waals surface area contributed by atoms with Gasteiger partial charge in [-0.2, -0.15) is 0 Å². The van der Waals surface area contributed by atoms with Crippen LogP contribution in [0, 0.1) is 5.82 Å². The number of benzene rings is 2. The van der Waals surface area contributed by atoms with Crippen LogP contribution in [0.5, 0.6) is 5.75 Å². The molecule has 0 bridgehead atoms. The molecule has 1 aliphatic carbocycles. The van der Waals surface area contributed by atoms with E-state index in [1.165, 1.54) is 12.1 Å². The molecule has 3 N–H and O–H groups in total. The average Bonchev–Trinajstić information content (AvgIpc) is 3.29. The Morgan fingerprint density at radius 3 is 2.76 bits per heavy atom. The average molecular weight is 396 g/mol. The van der Waals surface area contributed by atoms with Crippen molar-refractivity contribution in [2.75, 3.05) is 0 Å². The maximum Gasteiger partial charge on any atom is 0.188 e. The first-order chi connectivity index (χ1) is 14.0. The smallest absolute Gasteiger partial charge is 0.188 e. The Morgan fingerprint density at radius 2 is 2.03 bits per heavy atom. The summed E-state index contributed by atoms with van der Waals surface area (Å²) in [5.41, 5.74) is 8.15. The van der Waals surface area contributed by atoms with Crippen molar-refractivity contribution in [3.63, 3.8) is 0 Å². The molecule has 1 aliphatic rings. The number of aliphatic hydroxyl groups is 1. The molecule has 3 atom stereocenters. The molecular formula is C22H25FN4O2. The van der Waals surface area contributed by atoms with Gasteiger partial charge >= 0.3 is 0 Å². The van der Waals surface area contributed by atoms with E-state index in [-0.39, 0.29) is 24.4 Å². The van der Waals surface area contributed by atoms with Crippen LogP contribution in [-0.2, 0) is 13.0 Å². The van der Waals surface area contributed by atoms with Gasteiger partial charge in [0.25, 0.3) is 0 Å². The van der Waals surface area contributed by atoms with Crippen LogP contribution in [0.15, 0.2) is 48.5 Å². The number of halogens is 1. The Morgan fingerprint density at radius 1 is 1.21 bits per heavy atom. The molecule has 4 rings (SSSR count). The van der Waals surface area contributed by atoms with Crippen LogP contribution in [0.1, 0.15) is 42.9 Å². The van der Waals surface area contributed by atoms with E-state index >= 15 is 0 Å². The highest BCUT2D eigenvalue weighted by molar-refractivity contribution is 5.41. The molecule has 3 aromatic rings. The first-order valence-electron chi connectivity index (χ1n) is 9.91. The third-order valence-electron chi connectivity index (χ3n) is 5.38. The first-order valence-corrected chi connectivity index (χ1v) is 9.91. The van der Waals surface area contributed by atoms with Gasteiger partial charge in [0, 0.05) is 18.0 Å². The van der Waals surface area contributed by atoms with Crippen molar-refractivity contribution in [1.82, 2.24) is 14.8 Å². The van der Waals surface area contributed by atoms with Crippen LogP contribution >= 0.6 is 0 Å². The maximum atomic E-state index is 13.4. The fourth-order valence-electron chi connectivity index (χ4n) is 3.85. The van der Waals surface area contributed by atoms with E-state index in [2.05, 4.69) is 18.1 Å². The minimum Gasteiger partial charge on any atom is -0.485 e. The predicted molar refractivity (Wildman–Crippen MR) is 107 cm³/mol. The van der Waals surface area contributed by atoms with Gasteiger partial charge in [-0.15, -0.1) is 5.10 Å². The van der Waals surface area contributed by atoms with Gasteiger partial charge in [-0.25, -0.2) is 14.1 Å². The van der Waals surface area contributed by atoms with Gasteiger partial charge in [0.15, 0.2) is 5.82 Å². The lowest BCUT2D eigenvalue weighted by Crippen LogP contribution is -2.28. The molecule has 0 radical (unpaired) electrons. The van der Waals surface area contributed by atoms with E-state index in [0.717, 1.165) is 23.5 Å². The summed E-state index contributed by atoms with van der Waals surface area (Å²) in [5, 5.41) is 14.8. The number of rotatable bonds is 6.